The maximum absolute atomic E-state index is 6.31. The van der Waals surface area contributed by atoms with Gasteiger partial charge in [0, 0.05) is 35.9 Å². The molecule has 0 aliphatic rings. The van der Waals surface area contributed by atoms with Crippen LogP contribution in [-0.4, -0.2) is 47.5 Å². The van der Waals surface area contributed by atoms with Gasteiger partial charge in [-0.15, -0.1) is 24.0 Å². The van der Waals surface area contributed by atoms with Gasteiger partial charge in [-0.25, -0.2) is 0 Å². The average Bonchev–Trinajstić information content (AvgIpc) is 2.74. The van der Waals surface area contributed by atoms with E-state index in [0.717, 1.165) is 23.5 Å². The van der Waals surface area contributed by atoms with Gasteiger partial charge in [-0.1, -0.05) is 17.7 Å². The molecule has 0 atom stereocenters. The van der Waals surface area contributed by atoms with Crippen LogP contribution < -0.4 is 29.6 Å². The quantitative estimate of drug-likeness (QED) is 0.270. The molecular formula is C21H29ClIN3O4. The summed E-state index contributed by atoms with van der Waals surface area (Å²) in [6.07, 6.45) is 0.703. The minimum atomic E-state index is 0. The zero-order valence-electron chi connectivity index (χ0n) is 17.9. The van der Waals surface area contributed by atoms with E-state index in [9.17, 15) is 0 Å². The standard InChI is InChI=1S/C21H28ClN3O4.HI/c1-6-23-21(24-10-9-14-7-8-16(26-2)13-17(14)22)25-15-11-18(27-3)20(29-5)19(12-15)28-4;/h7-8,11-13H,6,9-10H2,1-5H3,(H2,23,24,25);1H. The highest BCUT2D eigenvalue weighted by Crippen LogP contribution is 2.39. The number of nitrogens with one attached hydrogen (secondary N) is 2. The third-order valence-corrected chi connectivity index (χ3v) is 4.53. The molecule has 2 N–H and O–H groups in total. The topological polar surface area (TPSA) is 73.3 Å². The first-order valence-electron chi connectivity index (χ1n) is 9.24. The Morgan fingerprint density at radius 3 is 2.13 bits per heavy atom. The SMILES string of the molecule is CCNC(=NCCc1ccc(OC)cc1Cl)Nc1cc(OC)c(OC)c(OC)c1.I. The van der Waals surface area contributed by atoms with Gasteiger partial charge < -0.3 is 29.6 Å². The van der Waals surface area contributed by atoms with Crippen LogP contribution in [0.4, 0.5) is 5.69 Å². The summed E-state index contributed by atoms with van der Waals surface area (Å²) < 4.78 is 21.3. The van der Waals surface area contributed by atoms with Gasteiger partial charge >= 0.3 is 0 Å². The van der Waals surface area contributed by atoms with Crippen molar-refractivity contribution >= 4 is 47.2 Å². The van der Waals surface area contributed by atoms with Crippen LogP contribution >= 0.6 is 35.6 Å². The molecule has 0 fully saturated rings. The van der Waals surface area contributed by atoms with Crippen LogP contribution in [0.2, 0.25) is 5.02 Å². The first kappa shape index (κ1) is 26.0. The molecule has 0 spiro atoms. The molecule has 166 valence electrons. The summed E-state index contributed by atoms with van der Waals surface area (Å²) in [5, 5.41) is 7.17. The molecule has 0 aromatic heterocycles. The maximum atomic E-state index is 6.31. The average molecular weight is 550 g/mol. The molecule has 0 saturated heterocycles. The van der Waals surface area contributed by atoms with E-state index in [0.29, 0.717) is 41.2 Å². The smallest absolute Gasteiger partial charge is 0.203 e. The number of rotatable bonds is 9. The van der Waals surface area contributed by atoms with Gasteiger partial charge in [0.05, 0.1) is 28.4 Å². The predicted molar refractivity (Wildman–Crippen MR) is 133 cm³/mol. The molecular weight excluding hydrogens is 521 g/mol. The van der Waals surface area contributed by atoms with E-state index >= 15 is 0 Å². The Labute approximate surface area is 200 Å². The monoisotopic (exact) mass is 549 g/mol. The lowest BCUT2D eigenvalue weighted by atomic mass is 10.1. The number of anilines is 1. The molecule has 0 aliphatic heterocycles. The number of guanidine groups is 1. The van der Waals surface area contributed by atoms with Crippen LogP contribution in [0.15, 0.2) is 35.3 Å². The minimum Gasteiger partial charge on any atom is -0.497 e. The Bertz CT molecular complexity index is 824. The lowest BCUT2D eigenvalue weighted by molar-refractivity contribution is 0.324. The largest absolute Gasteiger partial charge is 0.497 e. The van der Waals surface area contributed by atoms with Crippen LogP contribution in [0.25, 0.3) is 0 Å². The second-order valence-corrected chi connectivity index (χ2v) is 6.41. The normalized spacial score (nSPS) is 10.7. The molecule has 30 heavy (non-hydrogen) atoms. The van der Waals surface area contributed by atoms with Gasteiger partial charge in [0.2, 0.25) is 5.75 Å². The Kier molecular flexibility index (Phi) is 11.5. The van der Waals surface area contributed by atoms with Gasteiger partial charge in [-0.2, -0.15) is 0 Å². The van der Waals surface area contributed by atoms with E-state index in [2.05, 4.69) is 15.6 Å². The molecule has 0 aliphatic carbocycles. The van der Waals surface area contributed by atoms with E-state index in [4.69, 9.17) is 30.5 Å². The molecule has 2 aromatic rings. The van der Waals surface area contributed by atoms with Crippen molar-refractivity contribution in [2.75, 3.05) is 46.8 Å². The number of nitrogens with zero attached hydrogens (tertiary/aromatic N) is 1. The maximum Gasteiger partial charge on any atom is 0.203 e. The van der Waals surface area contributed by atoms with Crippen LogP contribution in [0, 0.1) is 0 Å². The molecule has 2 aromatic carbocycles. The first-order valence-corrected chi connectivity index (χ1v) is 9.61. The van der Waals surface area contributed by atoms with Gasteiger partial charge in [0.15, 0.2) is 17.5 Å². The van der Waals surface area contributed by atoms with Crippen molar-refractivity contribution in [3.05, 3.63) is 40.9 Å². The van der Waals surface area contributed by atoms with E-state index < -0.39 is 0 Å². The van der Waals surface area contributed by atoms with Crippen molar-refractivity contribution in [2.45, 2.75) is 13.3 Å². The van der Waals surface area contributed by atoms with Crippen molar-refractivity contribution in [3.63, 3.8) is 0 Å². The van der Waals surface area contributed by atoms with Gasteiger partial charge in [0.1, 0.15) is 5.75 Å². The first-order chi connectivity index (χ1) is 14.1. The summed E-state index contributed by atoms with van der Waals surface area (Å²) in [5.74, 6) is 3.05. The van der Waals surface area contributed by atoms with Crippen molar-refractivity contribution in [1.29, 1.82) is 0 Å². The molecule has 0 bridgehead atoms. The van der Waals surface area contributed by atoms with Crippen LogP contribution in [-0.2, 0) is 6.42 Å². The highest BCUT2D eigenvalue weighted by atomic mass is 127. The Morgan fingerprint density at radius 1 is 0.967 bits per heavy atom. The highest BCUT2D eigenvalue weighted by Gasteiger charge is 2.14. The predicted octanol–water partition coefficient (Wildman–Crippen LogP) is 4.61. The van der Waals surface area contributed by atoms with E-state index in [1.54, 1.807) is 34.5 Å². The number of halogens is 2. The van der Waals surface area contributed by atoms with Crippen LogP contribution in [0.3, 0.4) is 0 Å². The summed E-state index contributed by atoms with van der Waals surface area (Å²) in [7, 11) is 6.36. The third-order valence-electron chi connectivity index (χ3n) is 4.18. The number of ether oxygens (including phenoxy) is 4. The van der Waals surface area contributed by atoms with Crippen molar-refractivity contribution in [3.8, 4) is 23.0 Å². The van der Waals surface area contributed by atoms with E-state index in [1.165, 1.54) is 0 Å². The third kappa shape index (κ3) is 7.02. The summed E-state index contributed by atoms with van der Waals surface area (Å²) >= 11 is 6.31. The van der Waals surface area contributed by atoms with Crippen molar-refractivity contribution < 1.29 is 18.9 Å². The Morgan fingerprint density at radius 2 is 1.63 bits per heavy atom. The number of benzene rings is 2. The molecule has 0 radical (unpaired) electrons. The molecule has 9 heteroatoms. The highest BCUT2D eigenvalue weighted by molar-refractivity contribution is 14.0. The second-order valence-electron chi connectivity index (χ2n) is 6.01. The molecule has 0 saturated carbocycles. The molecule has 0 amide bonds. The zero-order valence-corrected chi connectivity index (χ0v) is 21.0. The fourth-order valence-electron chi connectivity index (χ4n) is 2.74. The number of aliphatic imine (C=N–C) groups is 1. The summed E-state index contributed by atoms with van der Waals surface area (Å²) in [5.41, 5.74) is 1.78. The molecule has 2 rings (SSSR count). The summed E-state index contributed by atoms with van der Waals surface area (Å²) in [6, 6.07) is 9.31. The van der Waals surface area contributed by atoms with Crippen molar-refractivity contribution in [2.24, 2.45) is 4.99 Å². The number of hydrogen-bond donors (Lipinski definition) is 2. The fourth-order valence-corrected chi connectivity index (χ4v) is 3.01. The number of methoxy groups -OCH3 is 4. The fraction of sp³-hybridized carbons (Fsp3) is 0.381. The molecule has 7 nitrogen and oxygen atoms in total. The lowest BCUT2D eigenvalue weighted by Gasteiger charge is -2.16. The van der Waals surface area contributed by atoms with E-state index in [-0.39, 0.29) is 24.0 Å². The number of hydrogen-bond acceptors (Lipinski definition) is 5. The summed E-state index contributed by atoms with van der Waals surface area (Å²) in [4.78, 5) is 4.63. The van der Waals surface area contributed by atoms with Gasteiger partial charge in [-0.3, -0.25) is 4.99 Å². The van der Waals surface area contributed by atoms with Crippen LogP contribution in [0.5, 0.6) is 23.0 Å². The van der Waals surface area contributed by atoms with Crippen molar-refractivity contribution in [1.82, 2.24) is 5.32 Å². The molecule has 0 unspecified atom stereocenters. The Balaban J connectivity index is 0.00000450. The lowest BCUT2D eigenvalue weighted by Crippen LogP contribution is -2.31. The Hall–Kier alpha value is -2.07. The summed E-state index contributed by atoms with van der Waals surface area (Å²) in [6.45, 7) is 3.29. The van der Waals surface area contributed by atoms with Gasteiger partial charge in [0.25, 0.3) is 0 Å². The van der Waals surface area contributed by atoms with Gasteiger partial charge in [-0.05, 0) is 31.0 Å². The zero-order chi connectivity index (χ0) is 21.2. The molecule has 0 heterocycles. The second kappa shape index (κ2) is 13.3. The minimum absolute atomic E-state index is 0. The van der Waals surface area contributed by atoms with Crippen LogP contribution in [0.1, 0.15) is 12.5 Å². The van der Waals surface area contributed by atoms with E-state index in [1.807, 2.05) is 31.2 Å².